The van der Waals surface area contributed by atoms with Gasteiger partial charge in [0.25, 0.3) is 0 Å². The second-order valence-corrected chi connectivity index (χ2v) is 2.83. The van der Waals surface area contributed by atoms with Gasteiger partial charge in [-0.2, -0.15) is 0 Å². The Labute approximate surface area is 73.4 Å². The maximum Gasteiger partial charge on any atom is 0.151 e. The summed E-state index contributed by atoms with van der Waals surface area (Å²) in [6, 6.07) is 1.70. The van der Waals surface area contributed by atoms with Gasteiger partial charge in [-0.15, -0.1) is 0 Å². The number of nitrogens with one attached hydrogen (secondary N) is 1. The SMILES string of the molecule is O=Cc1cnc2[nH]cc(Cl)c2c1. The van der Waals surface area contributed by atoms with Crippen LogP contribution in [0.5, 0.6) is 0 Å². The van der Waals surface area contributed by atoms with Crippen molar-refractivity contribution in [2.75, 3.05) is 0 Å². The molecular formula is C8H5ClN2O. The molecule has 0 unspecified atom stereocenters. The summed E-state index contributed by atoms with van der Waals surface area (Å²) in [6.45, 7) is 0. The Balaban J connectivity index is 2.79. The number of nitrogens with zero attached hydrogens (tertiary/aromatic N) is 1. The predicted molar refractivity (Wildman–Crippen MR) is 46.5 cm³/mol. The first-order valence-electron chi connectivity index (χ1n) is 3.39. The van der Waals surface area contributed by atoms with Gasteiger partial charge in [-0.05, 0) is 6.07 Å². The normalized spacial score (nSPS) is 10.4. The van der Waals surface area contributed by atoms with Gasteiger partial charge in [0, 0.05) is 23.3 Å². The summed E-state index contributed by atoms with van der Waals surface area (Å²) in [5.41, 5.74) is 1.23. The topological polar surface area (TPSA) is 45.8 Å². The Bertz CT molecular complexity index is 436. The van der Waals surface area contributed by atoms with Crippen molar-refractivity contribution in [3.63, 3.8) is 0 Å². The highest BCUT2D eigenvalue weighted by atomic mass is 35.5. The van der Waals surface area contributed by atoms with E-state index in [0.717, 1.165) is 11.7 Å². The van der Waals surface area contributed by atoms with E-state index in [1.54, 1.807) is 12.3 Å². The molecular weight excluding hydrogens is 176 g/mol. The van der Waals surface area contributed by atoms with Crippen LogP contribution in [0.2, 0.25) is 5.02 Å². The number of hydrogen-bond donors (Lipinski definition) is 1. The molecule has 60 valence electrons. The third-order valence-corrected chi connectivity index (χ3v) is 1.95. The minimum Gasteiger partial charge on any atom is -0.345 e. The monoisotopic (exact) mass is 180 g/mol. The first-order chi connectivity index (χ1) is 5.81. The quantitative estimate of drug-likeness (QED) is 0.683. The minimum atomic E-state index is 0.531. The lowest BCUT2D eigenvalue weighted by atomic mass is 10.2. The lowest BCUT2D eigenvalue weighted by Gasteiger charge is -1.90. The van der Waals surface area contributed by atoms with Crippen LogP contribution in [0.15, 0.2) is 18.5 Å². The fourth-order valence-corrected chi connectivity index (χ4v) is 1.25. The van der Waals surface area contributed by atoms with Gasteiger partial charge < -0.3 is 4.98 Å². The Hall–Kier alpha value is -1.35. The van der Waals surface area contributed by atoms with Crippen molar-refractivity contribution >= 4 is 28.9 Å². The molecule has 2 rings (SSSR count). The van der Waals surface area contributed by atoms with Crippen molar-refractivity contribution in [1.82, 2.24) is 9.97 Å². The largest absolute Gasteiger partial charge is 0.345 e. The molecule has 0 radical (unpaired) electrons. The zero-order valence-electron chi connectivity index (χ0n) is 6.04. The smallest absolute Gasteiger partial charge is 0.151 e. The summed E-state index contributed by atoms with van der Waals surface area (Å²) in [7, 11) is 0. The first kappa shape index (κ1) is 7.31. The third-order valence-electron chi connectivity index (χ3n) is 1.64. The molecule has 0 bridgehead atoms. The number of rotatable bonds is 1. The number of hydrogen-bond acceptors (Lipinski definition) is 2. The van der Waals surface area contributed by atoms with Crippen molar-refractivity contribution in [1.29, 1.82) is 0 Å². The fourth-order valence-electron chi connectivity index (χ4n) is 1.05. The molecule has 1 N–H and O–H groups in total. The summed E-state index contributed by atoms with van der Waals surface area (Å²) in [5, 5.41) is 1.36. The summed E-state index contributed by atoms with van der Waals surface area (Å²) in [5.74, 6) is 0. The Morgan fingerprint density at radius 2 is 2.42 bits per heavy atom. The second-order valence-electron chi connectivity index (χ2n) is 2.42. The van der Waals surface area contributed by atoms with Gasteiger partial charge in [-0.1, -0.05) is 11.6 Å². The number of pyridine rings is 1. The van der Waals surface area contributed by atoms with Gasteiger partial charge in [0.05, 0.1) is 5.02 Å². The first-order valence-corrected chi connectivity index (χ1v) is 3.77. The van der Waals surface area contributed by atoms with Gasteiger partial charge >= 0.3 is 0 Å². The number of H-pyrrole nitrogens is 1. The maximum absolute atomic E-state index is 10.4. The van der Waals surface area contributed by atoms with Crippen molar-refractivity contribution in [3.8, 4) is 0 Å². The van der Waals surface area contributed by atoms with Crippen molar-refractivity contribution in [2.45, 2.75) is 0 Å². The maximum atomic E-state index is 10.4. The molecule has 0 atom stereocenters. The van der Waals surface area contributed by atoms with Gasteiger partial charge in [0.1, 0.15) is 5.65 Å². The number of aldehydes is 1. The van der Waals surface area contributed by atoms with Crippen LogP contribution in [0.25, 0.3) is 11.0 Å². The molecule has 0 amide bonds. The molecule has 12 heavy (non-hydrogen) atoms. The highest BCUT2D eigenvalue weighted by Crippen LogP contribution is 2.21. The molecule has 0 fully saturated rings. The molecule has 0 spiro atoms. The molecule has 2 aromatic rings. The molecule has 4 heteroatoms. The van der Waals surface area contributed by atoms with Crippen LogP contribution in [-0.2, 0) is 0 Å². The lowest BCUT2D eigenvalue weighted by molar-refractivity contribution is 0.112. The average molecular weight is 181 g/mol. The van der Waals surface area contributed by atoms with E-state index in [-0.39, 0.29) is 0 Å². The number of halogens is 1. The zero-order valence-corrected chi connectivity index (χ0v) is 6.80. The molecule has 3 nitrogen and oxygen atoms in total. The summed E-state index contributed by atoms with van der Waals surface area (Å²) < 4.78 is 0. The number of aromatic amines is 1. The van der Waals surface area contributed by atoms with E-state index in [1.807, 2.05) is 0 Å². The number of fused-ring (bicyclic) bond motifs is 1. The number of carbonyl (C=O) groups is 1. The van der Waals surface area contributed by atoms with E-state index in [4.69, 9.17) is 11.6 Å². The third kappa shape index (κ3) is 0.987. The van der Waals surface area contributed by atoms with Crippen LogP contribution in [0.4, 0.5) is 0 Å². The summed E-state index contributed by atoms with van der Waals surface area (Å²) >= 11 is 5.81. The molecule has 2 aromatic heterocycles. The van der Waals surface area contributed by atoms with Crippen LogP contribution >= 0.6 is 11.6 Å². The van der Waals surface area contributed by atoms with Crippen molar-refractivity contribution in [2.24, 2.45) is 0 Å². The summed E-state index contributed by atoms with van der Waals surface area (Å²) in [6.07, 6.45) is 3.89. The lowest BCUT2D eigenvalue weighted by Crippen LogP contribution is -1.82. The number of carbonyl (C=O) groups excluding carboxylic acids is 1. The summed E-state index contributed by atoms with van der Waals surface area (Å²) in [4.78, 5) is 17.3. The Morgan fingerprint density at radius 3 is 3.17 bits per heavy atom. The van der Waals surface area contributed by atoms with E-state index in [2.05, 4.69) is 9.97 Å². The molecule has 0 aliphatic heterocycles. The van der Waals surface area contributed by atoms with Crippen molar-refractivity contribution < 1.29 is 4.79 Å². The average Bonchev–Trinajstić information content (AvgIpc) is 2.47. The van der Waals surface area contributed by atoms with Crippen LogP contribution in [0.3, 0.4) is 0 Å². The molecule has 2 heterocycles. The Morgan fingerprint density at radius 1 is 1.58 bits per heavy atom. The molecule has 0 aromatic carbocycles. The van der Waals surface area contributed by atoms with E-state index in [0.29, 0.717) is 16.2 Å². The number of aromatic nitrogens is 2. The highest BCUT2D eigenvalue weighted by Gasteiger charge is 2.02. The van der Waals surface area contributed by atoms with Gasteiger partial charge in [0.2, 0.25) is 0 Å². The molecule has 0 saturated carbocycles. The van der Waals surface area contributed by atoms with Crippen molar-refractivity contribution in [3.05, 3.63) is 29.0 Å². The molecule has 0 saturated heterocycles. The fraction of sp³-hybridized carbons (Fsp3) is 0. The van der Waals surface area contributed by atoms with Crippen LogP contribution < -0.4 is 0 Å². The van der Waals surface area contributed by atoms with Crippen LogP contribution in [0.1, 0.15) is 10.4 Å². The minimum absolute atomic E-state index is 0.531. The van der Waals surface area contributed by atoms with E-state index >= 15 is 0 Å². The van der Waals surface area contributed by atoms with Crippen LogP contribution in [-0.4, -0.2) is 16.3 Å². The van der Waals surface area contributed by atoms with E-state index < -0.39 is 0 Å². The predicted octanol–water partition coefficient (Wildman–Crippen LogP) is 2.03. The molecule has 0 aliphatic rings. The van der Waals surface area contributed by atoms with Gasteiger partial charge in [-0.3, -0.25) is 4.79 Å². The highest BCUT2D eigenvalue weighted by molar-refractivity contribution is 6.35. The van der Waals surface area contributed by atoms with Crippen LogP contribution in [0, 0.1) is 0 Å². The standard InChI is InChI=1S/C8H5ClN2O/c9-7-3-11-8-6(7)1-5(4-12)2-10-8/h1-4H,(H,10,11). The zero-order chi connectivity index (χ0) is 8.55. The van der Waals surface area contributed by atoms with E-state index in [9.17, 15) is 4.79 Å². The van der Waals surface area contributed by atoms with E-state index in [1.165, 1.54) is 6.20 Å². The second kappa shape index (κ2) is 2.60. The Kier molecular flexibility index (Phi) is 1.59. The molecule has 0 aliphatic carbocycles. The van der Waals surface area contributed by atoms with Gasteiger partial charge in [-0.25, -0.2) is 4.98 Å². The van der Waals surface area contributed by atoms with Gasteiger partial charge in [0.15, 0.2) is 6.29 Å².